The highest BCUT2D eigenvalue weighted by Gasteiger charge is 2.35. The van der Waals surface area contributed by atoms with Gasteiger partial charge in [0.2, 0.25) is 5.95 Å². The van der Waals surface area contributed by atoms with Gasteiger partial charge in [0.1, 0.15) is 16.3 Å². The van der Waals surface area contributed by atoms with Gasteiger partial charge in [-0.2, -0.15) is 13.2 Å². The minimum absolute atomic E-state index is 0.129. The highest BCUT2D eigenvalue weighted by atomic mass is 32.2. The third-order valence-corrected chi connectivity index (χ3v) is 5.18. The summed E-state index contributed by atoms with van der Waals surface area (Å²) in [6, 6.07) is 16.2. The normalized spacial score (nSPS) is 11.4. The van der Waals surface area contributed by atoms with Crippen molar-refractivity contribution in [3.63, 3.8) is 0 Å². The van der Waals surface area contributed by atoms with Crippen LogP contribution in [-0.4, -0.2) is 23.1 Å². The van der Waals surface area contributed by atoms with Crippen molar-refractivity contribution in [3.05, 3.63) is 66.4 Å². The maximum absolute atomic E-state index is 13.5. The minimum Gasteiger partial charge on any atom is -0.494 e. The van der Waals surface area contributed by atoms with Crippen LogP contribution in [0.1, 0.15) is 25.8 Å². The summed E-state index contributed by atoms with van der Waals surface area (Å²) >= 11 is 0.970. The molecule has 3 aromatic rings. The Balaban J connectivity index is 1.99. The fourth-order valence-electron chi connectivity index (χ4n) is 2.76. The summed E-state index contributed by atoms with van der Waals surface area (Å²) in [6.45, 7) is 4.98. The molecule has 0 bridgehead atoms. The molecule has 0 spiro atoms. The summed E-state index contributed by atoms with van der Waals surface area (Å²) in [6.07, 6.45) is -2.81. The topological polar surface area (TPSA) is 38.2 Å². The van der Waals surface area contributed by atoms with Crippen molar-refractivity contribution < 1.29 is 17.9 Å². The molecule has 30 heavy (non-hydrogen) atoms. The van der Waals surface area contributed by atoms with E-state index in [0.29, 0.717) is 23.8 Å². The quantitative estimate of drug-likeness (QED) is 0.375. The fraction of sp³-hybridized carbons (Fsp3) is 0.273. The second kappa shape index (κ2) is 9.84. The summed E-state index contributed by atoms with van der Waals surface area (Å²) < 4.78 is 46.3. The van der Waals surface area contributed by atoms with E-state index in [4.69, 9.17) is 4.74 Å². The van der Waals surface area contributed by atoms with Gasteiger partial charge in [-0.25, -0.2) is 9.97 Å². The smallest absolute Gasteiger partial charge is 0.420 e. The average molecular weight is 433 g/mol. The van der Waals surface area contributed by atoms with Gasteiger partial charge in [-0.05, 0) is 37.6 Å². The summed E-state index contributed by atoms with van der Waals surface area (Å²) in [4.78, 5) is 10.7. The Bertz CT molecular complexity index is 967. The monoisotopic (exact) mass is 433 g/mol. The molecule has 0 fully saturated rings. The highest BCUT2D eigenvalue weighted by molar-refractivity contribution is 7.99. The second-order valence-corrected chi connectivity index (χ2v) is 7.45. The molecule has 0 atom stereocenters. The zero-order valence-corrected chi connectivity index (χ0v) is 17.5. The Labute approximate surface area is 178 Å². The van der Waals surface area contributed by atoms with Crippen LogP contribution >= 0.6 is 11.8 Å². The van der Waals surface area contributed by atoms with E-state index in [1.54, 1.807) is 29.2 Å². The van der Waals surface area contributed by atoms with Crippen LogP contribution in [0.15, 0.2) is 70.7 Å². The predicted molar refractivity (Wildman–Crippen MR) is 113 cm³/mol. The predicted octanol–water partition coefficient (Wildman–Crippen LogP) is 6.59. The lowest BCUT2D eigenvalue weighted by Gasteiger charge is -2.23. The Morgan fingerprint density at radius 1 is 1.03 bits per heavy atom. The molecule has 0 N–H and O–H groups in total. The van der Waals surface area contributed by atoms with Crippen molar-refractivity contribution in [2.45, 2.75) is 36.4 Å². The molecular weight excluding hydrogens is 411 g/mol. The summed E-state index contributed by atoms with van der Waals surface area (Å²) in [5.41, 5.74) is -0.0993. The van der Waals surface area contributed by atoms with E-state index in [0.717, 1.165) is 30.1 Å². The Hall–Kier alpha value is -2.74. The first-order valence-electron chi connectivity index (χ1n) is 9.60. The Morgan fingerprint density at radius 2 is 1.80 bits per heavy atom. The van der Waals surface area contributed by atoms with E-state index in [1.807, 2.05) is 44.2 Å². The lowest BCUT2D eigenvalue weighted by Crippen LogP contribution is -2.20. The van der Waals surface area contributed by atoms with Gasteiger partial charge in [-0.1, -0.05) is 43.0 Å². The van der Waals surface area contributed by atoms with Crippen molar-refractivity contribution in [1.29, 1.82) is 0 Å². The van der Waals surface area contributed by atoms with Crippen molar-refractivity contribution in [1.82, 2.24) is 9.97 Å². The molecule has 0 aliphatic heterocycles. The molecule has 8 heteroatoms. The first-order valence-corrected chi connectivity index (χ1v) is 10.4. The minimum atomic E-state index is -4.54. The van der Waals surface area contributed by atoms with E-state index in [-0.39, 0.29) is 11.0 Å². The number of benzene rings is 2. The van der Waals surface area contributed by atoms with Crippen molar-refractivity contribution in [3.8, 4) is 5.75 Å². The lowest BCUT2D eigenvalue weighted by atomic mass is 10.2. The highest BCUT2D eigenvalue weighted by Crippen LogP contribution is 2.39. The average Bonchev–Trinajstić information content (AvgIpc) is 2.73. The van der Waals surface area contributed by atoms with Gasteiger partial charge in [0.15, 0.2) is 0 Å². The van der Waals surface area contributed by atoms with Gasteiger partial charge in [0.05, 0.1) is 6.61 Å². The standard InChI is InChI=1S/C22H22F3N3OS/c1-3-13-29-17-10-8-9-16(14-17)28(4-2)21-26-15-19(22(23,24)25)20(27-21)30-18-11-6-5-7-12-18/h5-12,14-15H,3-4,13H2,1-2H3. The number of rotatable bonds is 8. The Morgan fingerprint density at radius 3 is 2.47 bits per heavy atom. The molecule has 0 radical (unpaired) electrons. The lowest BCUT2D eigenvalue weighted by molar-refractivity contribution is -0.140. The molecule has 0 aliphatic rings. The maximum Gasteiger partial charge on any atom is 0.420 e. The maximum atomic E-state index is 13.5. The Kier molecular flexibility index (Phi) is 7.20. The van der Waals surface area contributed by atoms with Crippen LogP contribution in [0.4, 0.5) is 24.8 Å². The molecule has 0 unspecified atom stereocenters. The number of anilines is 2. The van der Waals surface area contributed by atoms with Gasteiger partial charge < -0.3 is 9.64 Å². The third-order valence-electron chi connectivity index (χ3n) is 4.16. The van der Waals surface area contributed by atoms with Crippen LogP contribution in [0.25, 0.3) is 0 Å². The molecule has 1 aromatic heterocycles. The van der Waals surface area contributed by atoms with Crippen LogP contribution in [0.2, 0.25) is 0 Å². The zero-order valence-electron chi connectivity index (χ0n) is 16.7. The second-order valence-electron chi connectivity index (χ2n) is 6.39. The van der Waals surface area contributed by atoms with Crippen molar-refractivity contribution in [2.24, 2.45) is 0 Å². The molecule has 0 saturated carbocycles. The molecule has 1 heterocycles. The van der Waals surface area contributed by atoms with Gasteiger partial charge in [0, 0.05) is 29.4 Å². The number of ether oxygens (including phenoxy) is 1. The van der Waals surface area contributed by atoms with Gasteiger partial charge in [0.25, 0.3) is 0 Å². The third kappa shape index (κ3) is 5.44. The molecule has 0 aliphatic carbocycles. The number of nitrogens with zero attached hydrogens (tertiary/aromatic N) is 3. The van der Waals surface area contributed by atoms with E-state index in [9.17, 15) is 13.2 Å². The van der Waals surface area contributed by atoms with Crippen LogP contribution < -0.4 is 9.64 Å². The number of hydrogen-bond acceptors (Lipinski definition) is 5. The van der Waals surface area contributed by atoms with E-state index in [2.05, 4.69) is 9.97 Å². The van der Waals surface area contributed by atoms with Gasteiger partial charge >= 0.3 is 6.18 Å². The SMILES string of the molecule is CCCOc1cccc(N(CC)c2ncc(C(F)(F)F)c(Sc3ccccc3)n2)c1. The first kappa shape index (κ1) is 22.0. The number of alkyl halides is 3. The summed E-state index contributed by atoms with van der Waals surface area (Å²) in [7, 11) is 0. The molecule has 2 aromatic carbocycles. The van der Waals surface area contributed by atoms with Crippen LogP contribution in [-0.2, 0) is 6.18 Å². The first-order chi connectivity index (χ1) is 14.4. The number of aromatic nitrogens is 2. The number of hydrogen-bond donors (Lipinski definition) is 0. The zero-order chi connectivity index (χ0) is 21.6. The van der Waals surface area contributed by atoms with E-state index < -0.39 is 11.7 Å². The fourth-order valence-corrected chi connectivity index (χ4v) is 3.68. The molecular formula is C22H22F3N3OS. The molecule has 0 saturated heterocycles. The number of halogens is 3. The summed E-state index contributed by atoms with van der Waals surface area (Å²) in [5, 5.41) is -0.129. The van der Waals surface area contributed by atoms with Gasteiger partial charge in [-0.15, -0.1) is 0 Å². The van der Waals surface area contributed by atoms with Crippen molar-refractivity contribution in [2.75, 3.05) is 18.1 Å². The van der Waals surface area contributed by atoms with Crippen molar-refractivity contribution >= 4 is 23.4 Å². The van der Waals surface area contributed by atoms with Crippen LogP contribution in [0.5, 0.6) is 5.75 Å². The molecule has 0 amide bonds. The van der Waals surface area contributed by atoms with E-state index >= 15 is 0 Å². The molecule has 4 nitrogen and oxygen atoms in total. The molecule has 3 rings (SSSR count). The van der Waals surface area contributed by atoms with Gasteiger partial charge in [-0.3, -0.25) is 0 Å². The molecule has 158 valence electrons. The van der Waals surface area contributed by atoms with E-state index in [1.165, 1.54) is 0 Å². The largest absolute Gasteiger partial charge is 0.494 e. The summed E-state index contributed by atoms with van der Waals surface area (Å²) in [5.74, 6) is 0.898. The van der Waals surface area contributed by atoms with Crippen LogP contribution in [0.3, 0.4) is 0 Å². The van der Waals surface area contributed by atoms with Crippen LogP contribution in [0, 0.1) is 0 Å².